The Labute approximate surface area is 171 Å². The summed E-state index contributed by atoms with van der Waals surface area (Å²) >= 11 is 1.52. The second kappa shape index (κ2) is 7.07. The molecular weight excluding hydrogens is 372 g/mol. The first kappa shape index (κ1) is 20.6. The van der Waals surface area contributed by atoms with E-state index in [9.17, 15) is 15.0 Å². The van der Waals surface area contributed by atoms with E-state index in [0.717, 1.165) is 40.2 Å². The number of phenols is 1. The molecule has 0 aliphatic carbocycles. The van der Waals surface area contributed by atoms with Gasteiger partial charge in [0.25, 0.3) is 0 Å². The van der Waals surface area contributed by atoms with Gasteiger partial charge in [0.2, 0.25) is 0 Å². The largest absolute Gasteiger partial charge is 0.507 e. The second-order valence-corrected chi connectivity index (χ2v) is 10.5. The summed E-state index contributed by atoms with van der Waals surface area (Å²) in [4.78, 5) is 17.8. The van der Waals surface area contributed by atoms with Crippen molar-refractivity contribution in [1.82, 2.24) is 9.88 Å². The van der Waals surface area contributed by atoms with Crippen LogP contribution >= 0.6 is 11.3 Å². The van der Waals surface area contributed by atoms with Gasteiger partial charge in [-0.2, -0.15) is 0 Å². The highest BCUT2D eigenvalue weighted by Crippen LogP contribution is 2.43. The number of aromatic nitrogens is 1. The molecule has 0 bridgehead atoms. The van der Waals surface area contributed by atoms with Crippen molar-refractivity contribution >= 4 is 17.4 Å². The van der Waals surface area contributed by atoms with Crippen LogP contribution in [0.2, 0.25) is 0 Å². The predicted molar refractivity (Wildman–Crippen MR) is 113 cm³/mol. The Morgan fingerprint density at radius 2 is 1.71 bits per heavy atom. The Bertz CT molecular complexity index is 855. The molecule has 6 heteroatoms. The van der Waals surface area contributed by atoms with Crippen LogP contribution in [0.4, 0.5) is 4.79 Å². The Kier molecular flexibility index (Phi) is 5.21. The van der Waals surface area contributed by atoms with Gasteiger partial charge in [-0.25, -0.2) is 9.78 Å². The fourth-order valence-corrected chi connectivity index (χ4v) is 4.73. The minimum atomic E-state index is -0.881. The van der Waals surface area contributed by atoms with Crippen LogP contribution in [-0.2, 0) is 10.8 Å². The first-order valence-corrected chi connectivity index (χ1v) is 10.6. The number of hydrogen-bond donors (Lipinski definition) is 2. The summed E-state index contributed by atoms with van der Waals surface area (Å²) in [6.07, 6.45) is 0.803. The van der Waals surface area contributed by atoms with Crippen molar-refractivity contribution in [2.75, 3.05) is 6.54 Å². The number of aromatic hydroxyl groups is 1. The molecule has 152 valence electrons. The molecule has 0 radical (unpaired) electrons. The van der Waals surface area contributed by atoms with Gasteiger partial charge >= 0.3 is 6.09 Å². The number of amides is 1. The first-order chi connectivity index (χ1) is 12.9. The maximum atomic E-state index is 11.5. The fraction of sp³-hybridized carbons (Fsp3) is 0.545. The van der Waals surface area contributed by atoms with Gasteiger partial charge in [0, 0.05) is 28.6 Å². The molecule has 2 aromatic rings. The molecule has 1 atom stereocenters. The van der Waals surface area contributed by atoms with Crippen LogP contribution in [0.5, 0.6) is 5.75 Å². The average molecular weight is 403 g/mol. The van der Waals surface area contributed by atoms with Crippen molar-refractivity contribution in [3.05, 3.63) is 33.6 Å². The van der Waals surface area contributed by atoms with E-state index in [0.29, 0.717) is 12.3 Å². The van der Waals surface area contributed by atoms with Crippen LogP contribution in [0.1, 0.15) is 76.6 Å². The number of thiazole rings is 1. The van der Waals surface area contributed by atoms with Crippen molar-refractivity contribution in [1.29, 1.82) is 0 Å². The van der Waals surface area contributed by atoms with E-state index in [1.165, 1.54) is 16.2 Å². The van der Waals surface area contributed by atoms with Gasteiger partial charge in [0.1, 0.15) is 10.8 Å². The van der Waals surface area contributed by atoms with Gasteiger partial charge in [-0.1, -0.05) is 41.5 Å². The van der Waals surface area contributed by atoms with Crippen molar-refractivity contribution in [2.45, 2.75) is 71.3 Å². The lowest BCUT2D eigenvalue weighted by Gasteiger charge is -2.28. The molecule has 1 aliphatic rings. The summed E-state index contributed by atoms with van der Waals surface area (Å²) < 4.78 is 0. The van der Waals surface area contributed by atoms with E-state index in [-0.39, 0.29) is 16.9 Å². The van der Waals surface area contributed by atoms with E-state index in [4.69, 9.17) is 4.98 Å². The van der Waals surface area contributed by atoms with Gasteiger partial charge in [-0.3, -0.25) is 4.90 Å². The highest BCUT2D eigenvalue weighted by atomic mass is 32.1. The molecule has 1 aromatic carbocycles. The minimum Gasteiger partial charge on any atom is -0.507 e. The molecule has 0 saturated carbocycles. The summed E-state index contributed by atoms with van der Waals surface area (Å²) in [5.41, 5.74) is 3.20. The van der Waals surface area contributed by atoms with Crippen LogP contribution < -0.4 is 0 Å². The topological polar surface area (TPSA) is 73.7 Å². The zero-order chi connectivity index (χ0) is 20.9. The maximum Gasteiger partial charge on any atom is 0.407 e. The molecular formula is C22H30N2O3S. The second-order valence-electron chi connectivity index (χ2n) is 9.62. The Balaban J connectivity index is 2.07. The summed E-state index contributed by atoms with van der Waals surface area (Å²) in [5.74, 6) is 0.354. The molecule has 0 spiro atoms. The summed E-state index contributed by atoms with van der Waals surface area (Å²) in [5, 5.41) is 23.2. The lowest BCUT2D eigenvalue weighted by Crippen LogP contribution is -2.28. The van der Waals surface area contributed by atoms with Crippen molar-refractivity contribution in [3.8, 4) is 17.0 Å². The molecule has 1 unspecified atom stereocenters. The van der Waals surface area contributed by atoms with Gasteiger partial charge in [0.05, 0.1) is 11.7 Å². The Morgan fingerprint density at radius 1 is 1.14 bits per heavy atom. The third kappa shape index (κ3) is 3.88. The highest BCUT2D eigenvalue weighted by Gasteiger charge is 2.32. The standard InChI is InChI=1S/C22H30N2O3S/c1-21(2,3)14-10-13(11-15(18(14)25)22(4,5)6)16-12-28-19(23-16)17-8-7-9-24(17)20(26)27/h10-12,17,25H,7-9H2,1-6H3,(H,26,27). The van der Waals surface area contributed by atoms with E-state index in [1.807, 2.05) is 17.5 Å². The first-order valence-electron chi connectivity index (χ1n) is 9.73. The Morgan fingerprint density at radius 3 is 2.21 bits per heavy atom. The summed E-state index contributed by atoms with van der Waals surface area (Å²) in [7, 11) is 0. The van der Waals surface area contributed by atoms with Gasteiger partial charge in [-0.15, -0.1) is 11.3 Å². The van der Waals surface area contributed by atoms with Crippen LogP contribution in [-0.4, -0.2) is 32.7 Å². The lowest BCUT2D eigenvalue weighted by atomic mass is 9.78. The lowest BCUT2D eigenvalue weighted by molar-refractivity contribution is 0.140. The number of carboxylic acid groups (broad SMARTS) is 1. The number of nitrogens with zero attached hydrogens (tertiary/aromatic N) is 2. The monoisotopic (exact) mass is 402 g/mol. The number of hydrogen-bond acceptors (Lipinski definition) is 4. The molecule has 1 saturated heterocycles. The predicted octanol–water partition coefficient (Wildman–Crippen LogP) is 5.93. The summed E-state index contributed by atoms with van der Waals surface area (Å²) in [6, 6.07) is 3.89. The van der Waals surface area contributed by atoms with Gasteiger partial charge in [0.15, 0.2) is 0 Å². The quantitative estimate of drug-likeness (QED) is 0.653. The number of carbonyl (C=O) groups is 1. The maximum absolute atomic E-state index is 11.5. The number of phenolic OH excluding ortho intramolecular Hbond substituents is 1. The van der Waals surface area contributed by atoms with E-state index in [2.05, 4.69) is 41.5 Å². The van der Waals surface area contributed by atoms with Gasteiger partial charge < -0.3 is 10.2 Å². The van der Waals surface area contributed by atoms with Crippen LogP contribution in [0.3, 0.4) is 0 Å². The summed E-state index contributed by atoms with van der Waals surface area (Å²) in [6.45, 7) is 13.1. The molecule has 2 heterocycles. The molecule has 1 aliphatic heterocycles. The molecule has 1 aromatic heterocycles. The van der Waals surface area contributed by atoms with Crippen molar-refractivity contribution in [3.63, 3.8) is 0 Å². The van der Waals surface area contributed by atoms with E-state index in [1.54, 1.807) is 0 Å². The number of rotatable bonds is 2. The van der Waals surface area contributed by atoms with Gasteiger partial charge in [-0.05, 0) is 35.8 Å². The van der Waals surface area contributed by atoms with Crippen LogP contribution in [0.25, 0.3) is 11.3 Å². The molecule has 3 rings (SSSR count). The van der Waals surface area contributed by atoms with Crippen molar-refractivity contribution in [2.24, 2.45) is 0 Å². The smallest absolute Gasteiger partial charge is 0.407 e. The zero-order valence-electron chi connectivity index (χ0n) is 17.5. The third-order valence-corrected chi connectivity index (χ3v) is 6.27. The number of benzene rings is 1. The average Bonchev–Trinajstić information content (AvgIpc) is 3.21. The molecule has 5 nitrogen and oxygen atoms in total. The molecule has 2 N–H and O–H groups in total. The Hall–Kier alpha value is -2.08. The zero-order valence-corrected chi connectivity index (χ0v) is 18.4. The van der Waals surface area contributed by atoms with E-state index < -0.39 is 6.09 Å². The molecule has 1 amide bonds. The third-order valence-electron chi connectivity index (χ3n) is 5.33. The van der Waals surface area contributed by atoms with Crippen molar-refractivity contribution < 1.29 is 15.0 Å². The fourth-order valence-electron chi connectivity index (χ4n) is 3.75. The SMILES string of the molecule is CC(C)(C)c1cc(-c2csc(C3CCCN3C(=O)O)n2)cc(C(C)(C)C)c1O. The molecule has 1 fully saturated rings. The normalized spacial score (nSPS) is 17.9. The highest BCUT2D eigenvalue weighted by molar-refractivity contribution is 7.10. The van der Waals surface area contributed by atoms with E-state index >= 15 is 0 Å². The van der Waals surface area contributed by atoms with Crippen LogP contribution in [0.15, 0.2) is 17.5 Å². The number of likely N-dealkylation sites (tertiary alicyclic amines) is 1. The minimum absolute atomic E-state index is 0.155. The molecule has 28 heavy (non-hydrogen) atoms. The van der Waals surface area contributed by atoms with Crippen LogP contribution in [0, 0.1) is 0 Å².